The van der Waals surface area contributed by atoms with E-state index in [2.05, 4.69) is 82.1 Å². The van der Waals surface area contributed by atoms with Gasteiger partial charge in [-0.05, 0) is 29.5 Å². The lowest BCUT2D eigenvalue weighted by Gasteiger charge is -2.21. The number of aromatic nitrogens is 2. The molecule has 0 saturated carbocycles. The van der Waals surface area contributed by atoms with E-state index in [1.54, 1.807) is 0 Å². The van der Waals surface area contributed by atoms with Crippen LogP contribution in [0.5, 0.6) is 0 Å². The Kier molecular flexibility index (Phi) is 5.26. The summed E-state index contributed by atoms with van der Waals surface area (Å²) >= 11 is 0. The third-order valence-corrected chi connectivity index (χ3v) is 4.80. The molecule has 3 nitrogen and oxygen atoms in total. The summed E-state index contributed by atoms with van der Waals surface area (Å²) in [4.78, 5) is 12.0. The molecule has 0 aliphatic carbocycles. The second-order valence-electron chi connectivity index (χ2n) is 7.99. The van der Waals surface area contributed by atoms with Gasteiger partial charge in [-0.15, -0.1) is 0 Å². The Morgan fingerprint density at radius 1 is 0.923 bits per heavy atom. The zero-order valence-electron chi connectivity index (χ0n) is 16.6. The fraction of sp³-hybridized carbons (Fsp3) is 0.391. The Labute approximate surface area is 157 Å². The van der Waals surface area contributed by atoms with Gasteiger partial charge < -0.3 is 4.90 Å². The molecular formula is C23H29N3. The normalized spacial score (nSPS) is 11.7. The topological polar surface area (TPSA) is 29.0 Å². The highest BCUT2D eigenvalue weighted by atomic mass is 15.2. The minimum absolute atomic E-state index is 0.147. The monoisotopic (exact) mass is 347 g/mol. The first-order chi connectivity index (χ1) is 12.4. The highest BCUT2D eigenvalue weighted by molar-refractivity contribution is 5.91. The van der Waals surface area contributed by atoms with Gasteiger partial charge in [-0.2, -0.15) is 0 Å². The van der Waals surface area contributed by atoms with Gasteiger partial charge in [0.05, 0.1) is 5.52 Å². The van der Waals surface area contributed by atoms with Crippen LogP contribution in [0, 0.1) is 0 Å². The Balaban J connectivity index is 2.06. The van der Waals surface area contributed by atoms with Gasteiger partial charge in [0, 0.05) is 24.5 Å². The molecule has 0 saturated heterocycles. The maximum atomic E-state index is 4.93. The summed E-state index contributed by atoms with van der Waals surface area (Å²) in [5.74, 6) is 1.81. The summed E-state index contributed by atoms with van der Waals surface area (Å²) in [6.45, 7) is 9.91. The van der Waals surface area contributed by atoms with Gasteiger partial charge in [-0.3, -0.25) is 0 Å². The van der Waals surface area contributed by atoms with Crippen LogP contribution in [0.25, 0.3) is 22.3 Å². The van der Waals surface area contributed by atoms with Crippen molar-refractivity contribution in [3.05, 3.63) is 54.1 Å². The number of unbranched alkanes of at least 4 members (excludes halogenated alkanes) is 1. The predicted octanol–water partition coefficient (Wildman–Crippen LogP) is 5.83. The van der Waals surface area contributed by atoms with Crippen LogP contribution in [0.1, 0.15) is 46.1 Å². The van der Waals surface area contributed by atoms with Crippen LogP contribution in [0.15, 0.2) is 48.5 Å². The van der Waals surface area contributed by atoms with Gasteiger partial charge in [0.2, 0.25) is 0 Å². The lowest BCUT2D eigenvalue weighted by atomic mass is 9.87. The van der Waals surface area contributed by atoms with E-state index in [9.17, 15) is 0 Å². The first kappa shape index (κ1) is 18.4. The van der Waals surface area contributed by atoms with Crippen molar-refractivity contribution in [3.8, 4) is 11.4 Å². The molecule has 0 aliphatic heterocycles. The number of nitrogens with zero attached hydrogens (tertiary/aromatic N) is 3. The molecule has 2 aromatic carbocycles. The number of fused-ring (bicyclic) bond motifs is 1. The zero-order chi connectivity index (χ0) is 18.7. The Morgan fingerprint density at radius 2 is 1.62 bits per heavy atom. The Hall–Kier alpha value is -2.42. The molecule has 0 amide bonds. The molecule has 1 aromatic heterocycles. The average molecular weight is 348 g/mol. The minimum atomic E-state index is 0.147. The van der Waals surface area contributed by atoms with E-state index in [4.69, 9.17) is 9.97 Å². The highest BCUT2D eigenvalue weighted by Gasteiger charge is 2.15. The maximum absolute atomic E-state index is 4.93. The first-order valence-electron chi connectivity index (χ1n) is 9.49. The molecule has 0 radical (unpaired) electrons. The molecule has 1 heterocycles. The van der Waals surface area contributed by atoms with Crippen LogP contribution in [-0.4, -0.2) is 23.6 Å². The largest absolute Gasteiger partial charge is 0.359 e. The quantitative estimate of drug-likeness (QED) is 0.581. The number of hydrogen-bond acceptors (Lipinski definition) is 3. The van der Waals surface area contributed by atoms with Crippen LogP contribution in [0.3, 0.4) is 0 Å². The molecule has 3 rings (SSSR count). The van der Waals surface area contributed by atoms with E-state index in [0.29, 0.717) is 0 Å². The third kappa shape index (κ3) is 3.87. The molecule has 0 atom stereocenters. The number of hydrogen-bond donors (Lipinski definition) is 0. The summed E-state index contributed by atoms with van der Waals surface area (Å²) in [6, 6.07) is 16.9. The van der Waals surface area contributed by atoms with Gasteiger partial charge in [0.1, 0.15) is 5.82 Å². The Morgan fingerprint density at radius 3 is 2.27 bits per heavy atom. The number of benzene rings is 2. The molecule has 26 heavy (non-hydrogen) atoms. The average Bonchev–Trinajstić information content (AvgIpc) is 2.64. The van der Waals surface area contributed by atoms with Crippen molar-refractivity contribution in [3.63, 3.8) is 0 Å². The second kappa shape index (κ2) is 7.45. The Bertz CT molecular complexity index is 876. The van der Waals surface area contributed by atoms with Crippen molar-refractivity contribution in [2.45, 2.75) is 46.0 Å². The standard InChI is InChI=1S/C23H29N3/c1-6-7-16-26(5)22-19-10-8-9-11-20(19)24-21(25-22)17-12-14-18(15-13-17)23(2,3)4/h8-15H,6-7,16H2,1-5H3. The van der Waals surface area contributed by atoms with Gasteiger partial charge >= 0.3 is 0 Å². The van der Waals surface area contributed by atoms with Gasteiger partial charge in [0.25, 0.3) is 0 Å². The molecule has 3 heteroatoms. The fourth-order valence-electron chi connectivity index (χ4n) is 3.10. The lowest BCUT2D eigenvalue weighted by Crippen LogP contribution is -2.20. The minimum Gasteiger partial charge on any atom is -0.359 e. The van der Waals surface area contributed by atoms with Crippen molar-refractivity contribution in [1.29, 1.82) is 0 Å². The van der Waals surface area contributed by atoms with Crippen LogP contribution in [0.4, 0.5) is 5.82 Å². The number of anilines is 1. The first-order valence-corrected chi connectivity index (χ1v) is 9.49. The van der Waals surface area contributed by atoms with Crippen molar-refractivity contribution in [2.24, 2.45) is 0 Å². The van der Waals surface area contributed by atoms with Crippen LogP contribution < -0.4 is 4.90 Å². The molecule has 0 spiro atoms. The summed E-state index contributed by atoms with van der Waals surface area (Å²) in [6.07, 6.45) is 2.33. The predicted molar refractivity (Wildman–Crippen MR) is 112 cm³/mol. The molecule has 0 aliphatic rings. The third-order valence-electron chi connectivity index (χ3n) is 4.80. The molecule has 0 bridgehead atoms. The zero-order valence-corrected chi connectivity index (χ0v) is 16.6. The fourth-order valence-corrected chi connectivity index (χ4v) is 3.10. The van der Waals surface area contributed by atoms with Gasteiger partial charge in [-0.1, -0.05) is 70.5 Å². The van der Waals surface area contributed by atoms with Crippen molar-refractivity contribution in [1.82, 2.24) is 9.97 Å². The maximum Gasteiger partial charge on any atom is 0.162 e. The lowest BCUT2D eigenvalue weighted by molar-refractivity contribution is 0.590. The van der Waals surface area contributed by atoms with Crippen molar-refractivity contribution < 1.29 is 0 Å². The van der Waals surface area contributed by atoms with Gasteiger partial charge in [0.15, 0.2) is 5.82 Å². The number of rotatable bonds is 5. The molecule has 0 N–H and O–H groups in total. The van der Waals surface area contributed by atoms with E-state index >= 15 is 0 Å². The summed E-state index contributed by atoms with van der Waals surface area (Å²) < 4.78 is 0. The van der Waals surface area contributed by atoms with Crippen molar-refractivity contribution >= 4 is 16.7 Å². The van der Waals surface area contributed by atoms with E-state index in [-0.39, 0.29) is 5.41 Å². The van der Waals surface area contributed by atoms with Crippen LogP contribution >= 0.6 is 0 Å². The van der Waals surface area contributed by atoms with E-state index in [1.807, 2.05) is 6.07 Å². The van der Waals surface area contributed by atoms with Crippen LogP contribution in [0.2, 0.25) is 0 Å². The summed E-state index contributed by atoms with van der Waals surface area (Å²) in [5.41, 5.74) is 3.53. The van der Waals surface area contributed by atoms with E-state index < -0.39 is 0 Å². The number of para-hydroxylation sites is 1. The molecule has 0 unspecified atom stereocenters. The van der Waals surface area contributed by atoms with Gasteiger partial charge in [-0.25, -0.2) is 9.97 Å². The smallest absolute Gasteiger partial charge is 0.162 e. The summed E-state index contributed by atoms with van der Waals surface area (Å²) in [5, 5.41) is 1.11. The van der Waals surface area contributed by atoms with E-state index in [1.165, 1.54) is 12.0 Å². The van der Waals surface area contributed by atoms with E-state index in [0.717, 1.165) is 41.1 Å². The molecular weight excluding hydrogens is 318 g/mol. The second-order valence-corrected chi connectivity index (χ2v) is 7.99. The van der Waals surface area contributed by atoms with Crippen molar-refractivity contribution in [2.75, 3.05) is 18.5 Å². The summed E-state index contributed by atoms with van der Waals surface area (Å²) in [7, 11) is 2.12. The molecule has 136 valence electrons. The SMILES string of the molecule is CCCCN(C)c1nc(-c2ccc(C(C)(C)C)cc2)nc2ccccc12. The van der Waals surface area contributed by atoms with Crippen LogP contribution in [-0.2, 0) is 5.41 Å². The molecule has 0 fully saturated rings. The molecule has 3 aromatic rings. The highest BCUT2D eigenvalue weighted by Crippen LogP contribution is 2.29.